The topological polar surface area (TPSA) is 67.6 Å². The normalized spacial score (nSPS) is 11.7. The van der Waals surface area contributed by atoms with Crippen LogP contribution < -0.4 is 10.1 Å². The molecule has 1 amide bonds. The van der Waals surface area contributed by atoms with Gasteiger partial charge in [0.2, 0.25) is 0 Å². The SMILES string of the molecule is Cc1noc(-c2ccc(OC(F)(F)F)cc2)c1C(=O)NCCCN(C)C. The first-order valence-electron chi connectivity index (χ1n) is 7.93. The van der Waals surface area contributed by atoms with Gasteiger partial charge in [0.1, 0.15) is 11.3 Å². The van der Waals surface area contributed by atoms with E-state index in [0.29, 0.717) is 17.8 Å². The van der Waals surface area contributed by atoms with Crippen LogP contribution in [-0.2, 0) is 0 Å². The van der Waals surface area contributed by atoms with E-state index in [4.69, 9.17) is 4.52 Å². The van der Waals surface area contributed by atoms with E-state index in [0.717, 1.165) is 25.1 Å². The highest BCUT2D eigenvalue weighted by Crippen LogP contribution is 2.29. The molecule has 0 saturated heterocycles. The van der Waals surface area contributed by atoms with Crippen molar-refractivity contribution in [2.45, 2.75) is 19.7 Å². The van der Waals surface area contributed by atoms with Crippen molar-refractivity contribution in [2.24, 2.45) is 0 Å². The van der Waals surface area contributed by atoms with Gasteiger partial charge in [0.25, 0.3) is 5.91 Å². The van der Waals surface area contributed by atoms with Crippen molar-refractivity contribution in [2.75, 3.05) is 27.2 Å². The summed E-state index contributed by atoms with van der Waals surface area (Å²) in [5, 5.41) is 6.59. The van der Waals surface area contributed by atoms with Gasteiger partial charge >= 0.3 is 6.36 Å². The lowest BCUT2D eigenvalue weighted by molar-refractivity contribution is -0.274. The molecule has 1 aromatic carbocycles. The van der Waals surface area contributed by atoms with Crippen molar-refractivity contribution in [3.8, 4) is 17.1 Å². The van der Waals surface area contributed by atoms with Gasteiger partial charge in [0.05, 0.1) is 5.69 Å². The first-order chi connectivity index (χ1) is 12.2. The third-order valence-electron chi connectivity index (χ3n) is 3.51. The van der Waals surface area contributed by atoms with Crippen LogP contribution in [0.15, 0.2) is 28.8 Å². The van der Waals surface area contributed by atoms with Gasteiger partial charge in [-0.05, 0) is 58.3 Å². The van der Waals surface area contributed by atoms with Gasteiger partial charge in [-0.1, -0.05) is 5.16 Å². The summed E-state index contributed by atoms with van der Waals surface area (Å²) in [7, 11) is 3.88. The number of nitrogens with zero attached hydrogens (tertiary/aromatic N) is 2. The number of amides is 1. The van der Waals surface area contributed by atoms with E-state index < -0.39 is 6.36 Å². The van der Waals surface area contributed by atoms with Crippen LogP contribution in [0.5, 0.6) is 5.75 Å². The molecule has 0 unspecified atom stereocenters. The first kappa shape index (κ1) is 19.8. The summed E-state index contributed by atoms with van der Waals surface area (Å²) in [5.74, 6) is -0.494. The van der Waals surface area contributed by atoms with Crippen LogP contribution in [0, 0.1) is 6.92 Å². The molecule has 0 fully saturated rings. The minimum atomic E-state index is -4.76. The summed E-state index contributed by atoms with van der Waals surface area (Å²) in [6.07, 6.45) is -3.98. The number of alkyl halides is 3. The molecule has 1 N–H and O–H groups in total. The smallest absolute Gasteiger partial charge is 0.406 e. The molecule has 0 atom stereocenters. The van der Waals surface area contributed by atoms with E-state index in [1.807, 2.05) is 19.0 Å². The summed E-state index contributed by atoms with van der Waals surface area (Å²) in [5.41, 5.74) is 1.10. The number of ether oxygens (including phenoxy) is 1. The van der Waals surface area contributed by atoms with Gasteiger partial charge in [0, 0.05) is 12.1 Å². The second-order valence-electron chi connectivity index (χ2n) is 5.96. The second-order valence-corrected chi connectivity index (χ2v) is 5.96. The minimum Gasteiger partial charge on any atom is -0.406 e. The Morgan fingerprint density at radius 3 is 2.50 bits per heavy atom. The zero-order chi connectivity index (χ0) is 19.3. The van der Waals surface area contributed by atoms with Gasteiger partial charge in [-0.2, -0.15) is 0 Å². The van der Waals surface area contributed by atoms with Crippen molar-refractivity contribution in [1.82, 2.24) is 15.4 Å². The lowest BCUT2D eigenvalue weighted by atomic mass is 10.1. The quantitative estimate of drug-likeness (QED) is 0.757. The Bertz CT molecular complexity index is 740. The zero-order valence-corrected chi connectivity index (χ0v) is 14.7. The number of benzene rings is 1. The number of carbonyl (C=O) groups is 1. The standard InChI is InChI=1S/C17H20F3N3O3/c1-11-14(16(24)21-9-4-10-23(2)3)15(26-22-11)12-5-7-13(8-6-12)25-17(18,19)20/h5-8H,4,9-10H2,1-3H3,(H,21,24). The molecule has 2 rings (SSSR count). The third kappa shape index (κ3) is 5.48. The molecule has 2 aromatic rings. The largest absolute Gasteiger partial charge is 0.573 e. The molecule has 142 valence electrons. The Morgan fingerprint density at radius 1 is 1.27 bits per heavy atom. The summed E-state index contributed by atoms with van der Waals surface area (Å²) >= 11 is 0. The fraction of sp³-hybridized carbons (Fsp3) is 0.412. The highest BCUT2D eigenvalue weighted by atomic mass is 19.4. The molecular weight excluding hydrogens is 351 g/mol. The van der Waals surface area contributed by atoms with E-state index in [9.17, 15) is 18.0 Å². The molecule has 0 bridgehead atoms. The van der Waals surface area contributed by atoms with Crippen LogP contribution in [0.3, 0.4) is 0 Å². The molecule has 9 heteroatoms. The van der Waals surface area contributed by atoms with Crippen LogP contribution in [-0.4, -0.2) is 49.5 Å². The number of halogens is 3. The summed E-state index contributed by atoms with van der Waals surface area (Å²) in [4.78, 5) is 14.4. The molecule has 0 spiro atoms. The number of nitrogens with one attached hydrogen (secondary N) is 1. The number of rotatable bonds is 7. The van der Waals surface area contributed by atoms with Crippen LogP contribution in [0.2, 0.25) is 0 Å². The molecule has 0 radical (unpaired) electrons. The fourth-order valence-electron chi connectivity index (χ4n) is 2.33. The maximum atomic E-state index is 12.4. The third-order valence-corrected chi connectivity index (χ3v) is 3.51. The predicted octanol–water partition coefficient (Wildman–Crippen LogP) is 3.23. The Labute approximate surface area is 148 Å². The predicted molar refractivity (Wildman–Crippen MR) is 88.9 cm³/mol. The van der Waals surface area contributed by atoms with Gasteiger partial charge in [-0.3, -0.25) is 4.79 Å². The van der Waals surface area contributed by atoms with Gasteiger partial charge < -0.3 is 19.5 Å². The van der Waals surface area contributed by atoms with Crippen LogP contribution >= 0.6 is 0 Å². The Morgan fingerprint density at radius 2 is 1.92 bits per heavy atom. The van der Waals surface area contributed by atoms with E-state index in [1.54, 1.807) is 6.92 Å². The first-order valence-corrected chi connectivity index (χ1v) is 7.93. The highest BCUT2D eigenvalue weighted by Gasteiger charge is 2.31. The van der Waals surface area contributed by atoms with E-state index in [-0.39, 0.29) is 23.0 Å². The summed E-state index contributed by atoms with van der Waals surface area (Å²) < 4.78 is 45.7. The van der Waals surface area contributed by atoms with Gasteiger partial charge in [-0.15, -0.1) is 13.2 Å². The van der Waals surface area contributed by atoms with Crippen molar-refractivity contribution in [3.05, 3.63) is 35.5 Å². The van der Waals surface area contributed by atoms with E-state index >= 15 is 0 Å². The molecule has 1 heterocycles. The van der Waals surface area contributed by atoms with Crippen molar-refractivity contribution < 1.29 is 27.2 Å². The van der Waals surface area contributed by atoms with Crippen LogP contribution in [0.25, 0.3) is 11.3 Å². The lowest BCUT2D eigenvalue weighted by Crippen LogP contribution is -2.27. The minimum absolute atomic E-state index is 0.200. The van der Waals surface area contributed by atoms with E-state index in [1.165, 1.54) is 12.1 Å². The Balaban J connectivity index is 2.12. The second kappa shape index (κ2) is 8.22. The molecule has 0 aliphatic heterocycles. The Hall–Kier alpha value is -2.55. The fourth-order valence-corrected chi connectivity index (χ4v) is 2.33. The van der Waals surface area contributed by atoms with Gasteiger partial charge in [0.15, 0.2) is 5.76 Å². The number of aromatic nitrogens is 1. The number of carbonyl (C=O) groups excluding carboxylic acids is 1. The van der Waals surface area contributed by atoms with Crippen LogP contribution in [0.1, 0.15) is 22.5 Å². The number of hydrogen-bond acceptors (Lipinski definition) is 5. The maximum Gasteiger partial charge on any atom is 0.573 e. The molecule has 0 aliphatic carbocycles. The average Bonchev–Trinajstić information content (AvgIpc) is 2.92. The van der Waals surface area contributed by atoms with Crippen molar-refractivity contribution >= 4 is 5.91 Å². The molecule has 6 nitrogen and oxygen atoms in total. The number of hydrogen-bond donors (Lipinski definition) is 1. The summed E-state index contributed by atoms with van der Waals surface area (Å²) in [6.45, 7) is 2.94. The van der Waals surface area contributed by atoms with Crippen molar-refractivity contribution in [3.63, 3.8) is 0 Å². The Kier molecular flexibility index (Phi) is 6.25. The van der Waals surface area contributed by atoms with Gasteiger partial charge in [-0.25, -0.2) is 0 Å². The average molecular weight is 371 g/mol. The molecular formula is C17H20F3N3O3. The molecule has 1 aromatic heterocycles. The molecule has 0 aliphatic rings. The number of aryl methyl sites for hydroxylation is 1. The summed E-state index contributed by atoms with van der Waals surface area (Å²) in [6, 6.07) is 5.06. The van der Waals surface area contributed by atoms with Crippen molar-refractivity contribution in [1.29, 1.82) is 0 Å². The lowest BCUT2D eigenvalue weighted by Gasteiger charge is -2.10. The monoisotopic (exact) mass is 371 g/mol. The molecule has 26 heavy (non-hydrogen) atoms. The zero-order valence-electron chi connectivity index (χ0n) is 14.7. The van der Waals surface area contributed by atoms with Crippen LogP contribution in [0.4, 0.5) is 13.2 Å². The van der Waals surface area contributed by atoms with E-state index in [2.05, 4.69) is 15.2 Å². The highest BCUT2D eigenvalue weighted by molar-refractivity contribution is 6.00. The maximum absolute atomic E-state index is 12.4. The molecule has 0 saturated carbocycles.